The van der Waals surface area contributed by atoms with Gasteiger partial charge in [0.05, 0.1) is 7.11 Å². The lowest BCUT2D eigenvalue weighted by Crippen LogP contribution is -2.37. The normalized spacial score (nSPS) is 11.9. The molecule has 6 heteroatoms. The van der Waals surface area contributed by atoms with E-state index in [1.54, 1.807) is 18.4 Å². The Morgan fingerprint density at radius 2 is 1.90 bits per heavy atom. The second-order valence-electron chi connectivity index (χ2n) is 6.77. The van der Waals surface area contributed by atoms with Gasteiger partial charge in [0.15, 0.2) is 5.11 Å². The highest BCUT2D eigenvalue weighted by atomic mass is 32.1. The molecule has 3 N–H and O–H groups in total. The topological polar surface area (TPSA) is 49.1 Å². The number of ether oxygens (including phenoxy) is 1. The Balaban J connectivity index is 1.42. The summed E-state index contributed by atoms with van der Waals surface area (Å²) < 4.78 is 5.20. The van der Waals surface area contributed by atoms with Crippen molar-refractivity contribution in [2.24, 2.45) is 0 Å². The quantitative estimate of drug-likeness (QED) is 0.366. The van der Waals surface area contributed by atoms with Gasteiger partial charge in [-0.1, -0.05) is 36.4 Å². The Labute approximate surface area is 179 Å². The molecule has 0 amide bonds. The lowest BCUT2D eigenvalue weighted by Gasteiger charge is -2.18. The van der Waals surface area contributed by atoms with Gasteiger partial charge in [-0.25, -0.2) is 0 Å². The Bertz CT molecular complexity index is 1070. The highest BCUT2D eigenvalue weighted by Gasteiger charge is 2.19. The van der Waals surface area contributed by atoms with E-state index in [9.17, 15) is 0 Å². The average Bonchev–Trinajstić information content (AvgIpc) is 3.44. The Morgan fingerprint density at radius 1 is 1.07 bits per heavy atom. The van der Waals surface area contributed by atoms with Crippen molar-refractivity contribution >= 4 is 39.6 Å². The molecule has 148 valence electrons. The van der Waals surface area contributed by atoms with E-state index in [2.05, 4.69) is 63.6 Å². The molecule has 1 unspecified atom stereocenters. The van der Waals surface area contributed by atoms with Crippen LogP contribution in [0.2, 0.25) is 0 Å². The zero-order chi connectivity index (χ0) is 20.1. The second-order valence-corrected chi connectivity index (χ2v) is 8.16. The minimum Gasteiger partial charge on any atom is -0.497 e. The number of hydrogen-bond donors (Lipinski definition) is 3. The van der Waals surface area contributed by atoms with Crippen LogP contribution < -0.4 is 15.4 Å². The predicted octanol–water partition coefficient (Wildman–Crippen LogP) is 5.03. The third-order valence-electron chi connectivity index (χ3n) is 4.96. The van der Waals surface area contributed by atoms with Gasteiger partial charge in [0.25, 0.3) is 0 Å². The molecule has 0 saturated heterocycles. The van der Waals surface area contributed by atoms with Gasteiger partial charge in [-0.3, -0.25) is 0 Å². The number of fused-ring (bicyclic) bond motifs is 1. The summed E-state index contributed by atoms with van der Waals surface area (Å²) in [5.41, 5.74) is 3.60. The summed E-state index contributed by atoms with van der Waals surface area (Å²) in [6, 6.07) is 20.7. The van der Waals surface area contributed by atoms with Gasteiger partial charge in [-0.15, -0.1) is 11.3 Å². The first-order valence-corrected chi connectivity index (χ1v) is 10.8. The zero-order valence-corrected chi connectivity index (χ0v) is 17.8. The maximum Gasteiger partial charge on any atom is 0.166 e. The van der Waals surface area contributed by atoms with Crippen molar-refractivity contribution in [2.45, 2.75) is 12.5 Å². The molecule has 4 rings (SSSR count). The second kappa shape index (κ2) is 9.11. The molecule has 0 aliphatic carbocycles. The molecule has 4 nitrogen and oxygen atoms in total. The average molecular weight is 422 g/mol. The van der Waals surface area contributed by atoms with Gasteiger partial charge in [0.1, 0.15) is 5.75 Å². The standard InChI is InChI=1S/C23H23N3OS2/c1-27-17-10-8-16(9-11-17)13-25-23(28)26-15-20(22-7-4-12-29-22)19-14-24-21-6-3-2-5-18(19)21/h2-12,14,20,24H,13,15H2,1H3,(H2,25,26,28). The van der Waals surface area contributed by atoms with E-state index in [1.165, 1.54) is 15.8 Å². The van der Waals surface area contributed by atoms with Crippen LogP contribution in [0.15, 0.2) is 72.2 Å². The zero-order valence-electron chi connectivity index (χ0n) is 16.1. The summed E-state index contributed by atoms with van der Waals surface area (Å²) in [7, 11) is 1.67. The summed E-state index contributed by atoms with van der Waals surface area (Å²) in [5.74, 6) is 1.08. The summed E-state index contributed by atoms with van der Waals surface area (Å²) in [6.07, 6.45) is 2.12. The van der Waals surface area contributed by atoms with Gasteiger partial charge in [0, 0.05) is 41.0 Å². The smallest absolute Gasteiger partial charge is 0.166 e. The number of thiophene rings is 1. The molecule has 0 saturated carbocycles. The van der Waals surface area contributed by atoms with Crippen LogP contribution >= 0.6 is 23.6 Å². The van der Waals surface area contributed by atoms with Crippen molar-refractivity contribution in [3.05, 3.63) is 88.2 Å². The predicted molar refractivity (Wildman–Crippen MR) is 125 cm³/mol. The fraction of sp³-hybridized carbons (Fsp3) is 0.174. The minimum absolute atomic E-state index is 0.229. The van der Waals surface area contributed by atoms with E-state index < -0.39 is 0 Å². The van der Waals surface area contributed by atoms with Crippen molar-refractivity contribution in [1.82, 2.24) is 15.6 Å². The highest BCUT2D eigenvalue weighted by molar-refractivity contribution is 7.80. The van der Waals surface area contributed by atoms with Crippen LogP contribution in [0.4, 0.5) is 0 Å². The third-order valence-corrected chi connectivity index (χ3v) is 6.24. The van der Waals surface area contributed by atoms with Crippen molar-refractivity contribution in [1.29, 1.82) is 0 Å². The van der Waals surface area contributed by atoms with E-state index >= 15 is 0 Å². The largest absolute Gasteiger partial charge is 0.497 e. The van der Waals surface area contributed by atoms with Crippen LogP contribution in [0.5, 0.6) is 5.75 Å². The molecular formula is C23H23N3OS2. The van der Waals surface area contributed by atoms with Gasteiger partial charge in [-0.05, 0) is 53.0 Å². The number of hydrogen-bond acceptors (Lipinski definition) is 3. The molecular weight excluding hydrogens is 398 g/mol. The number of para-hydroxylation sites is 1. The number of aromatic amines is 1. The fourth-order valence-electron chi connectivity index (χ4n) is 3.42. The number of benzene rings is 2. The molecule has 2 heterocycles. The van der Waals surface area contributed by atoms with Crippen molar-refractivity contribution in [3.63, 3.8) is 0 Å². The summed E-state index contributed by atoms with van der Waals surface area (Å²) >= 11 is 7.30. The molecule has 29 heavy (non-hydrogen) atoms. The van der Waals surface area contributed by atoms with Gasteiger partial charge in [-0.2, -0.15) is 0 Å². The Kier molecular flexibility index (Phi) is 6.12. The van der Waals surface area contributed by atoms with Crippen LogP contribution in [0.25, 0.3) is 10.9 Å². The number of rotatable bonds is 7. The van der Waals surface area contributed by atoms with Gasteiger partial charge < -0.3 is 20.4 Å². The van der Waals surface area contributed by atoms with Crippen LogP contribution in [0.1, 0.15) is 21.9 Å². The lowest BCUT2D eigenvalue weighted by molar-refractivity contribution is 0.414. The van der Waals surface area contributed by atoms with Crippen LogP contribution in [-0.2, 0) is 6.54 Å². The highest BCUT2D eigenvalue weighted by Crippen LogP contribution is 2.32. The first kappa shape index (κ1) is 19.5. The Morgan fingerprint density at radius 3 is 2.66 bits per heavy atom. The third kappa shape index (κ3) is 4.60. The molecule has 1 atom stereocenters. The molecule has 4 aromatic rings. The molecule has 0 aliphatic rings. The van der Waals surface area contributed by atoms with E-state index in [4.69, 9.17) is 17.0 Å². The van der Waals surface area contributed by atoms with E-state index in [-0.39, 0.29) is 5.92 Å². The molecule has 0 radical (unpaired) electrons. The first-order valence-electron chi connectivity index (χ1n) is 9.48. The van der Waals surface area contributed by atoms with Crippen molar-refractivity contribution in [2.75, 3.05) is 13.7 Å². The first-order chi connectivity index (χ1) is 14.2. The van der Waals surface area contributed by atoms with Crippen LogP contribution in [0.3, 0.4) is 0 Å². The number of nitrogens with one attached hydrogen (secondary N) is 3. The van der Waals surface area contributed by atoms with E-state index in [0.717, 1.165) is 23.4 Å². The van der Waals surface area contributed by atoms with E-state index in [0.29, 0.717) is 11.7 Å². The number of H-pyrrole nitrogens is 1. The fourth-order valence-corrected chi connectivity index (χ4v) is 4.42. The summed E-state index contributed by atoms with van der Waals surface area (Å²) in [5, 5.41) is 10.7. The molecule has 0 aliphatic heterocycles. The molecule has 2 aromatic heterocycles. The molecule has 0 spiro atoms. The summed E-state index contributed by atoms with van der Waals surface area (Å²) in [6.45, 7) is 1.41. The molecule has 0 bridgehead atoms. The van der Waals surface area contributed by atoms with Crippen LogP contribution in [0, 0.1) is 0 Å². The van der Waals surface area contributed by atoms with E-state index in [1.807, 2.05) is 24.3 Å². The lowest BCUT2D eigenvalue weighted by atomic mass is 9.97. The van der Waals surface area contributed by atoms with Gasteiger partial charge in [0.2, 0.25) is 0 Å². The maximum absolute atomic E-state index is 5.52. The summed E-state index contributed by atoms with van der Waals surface area (Å²) in [4.78, 5) is 4.71. The van der Waals surface area contributed by atoms with Crippen molar-refractivity contribution in [3.8, 4) is 5.75 Å². The maximum atomic E-state index is 5.52. The molecule has 2 aromatic carbocycles. The van der Waals surface area contributed by atoms with Crippen LogP contribution in [-0.4, -0.2) is 23.8 Å². The molecule has 0 fully saturated rings. The van der Waals surface area contributed by atoms with Gasteiger partial charge >= 0.3 is 0 Å². The monoisotopic (exact) mass is 421 g/mol. The number of thiocarbonyl (C=S) groups is 1. The Hall–Kier alpha value is -2.83. The number of methoxy groups -OCH3 is 1. The van der Waals surface area contributed by atoms with Crippen molar-refractivity contribution < 1.29 is 4.74 Å². The number of aromatic nitrogens is 1. The minimum atomic E-state index is 0.229. The SMILES string of the molecule is COc1ccc(CNC(=S)NCC(c2cccs2)c2c[nH]c3ccccc23)cc1.